The number of benzene rings is 6. The van der Waals surface area contributed by atoms with Crippen LogP contribution in [0.5, 0.6) is 0 Å². The van der Waals surface area contributed by atoms with Crippen molar-refractivity contribution in [3.63, 3.8) is 0 Å². The van der Waals surface area contributed by atoms with Gasteiger partial charge in [-0.1, -0.05) is 0 Å². The van der Waals surface area contributed by atoms with Gasteiger partial charge < -0.3 is 0 Å². The first-order chi connectivity index (χ1) is 21.8. The van der Waals surface area contributed by atoms with Crippen LogP contribution in [0.2, 0.25) is 0 Å². The molecule has 0 saturated carbocycles. The summed E-state index contributed by atoms with van der Waals surface area (Å²) >= 11 is 5.21. The molecule has 0 radical (unpaired) electrons. The normalized spacial score (nSPS) is 12.1. The summed E-state index contributed by atoms with van der Waals surface area (Å²) in [6.07, 6.45) is -1.08. The third-order valence-electron chi connectivity index (χ3n) is 6.62. The van der Waals surface area contributed by atoms with Gasteiger partial charge in [0.1, 0.15) is 0 Å². The summed E-state index contributed by atoms with van der Waals surface area (Å²) in [5.41, 5.74) is 0. The molecule has 0 aromatic heterocycles. The molecule has 0 bridgehead atoms. The summed E-state index contributed by atoms with van der Waals surface area (Å²) in [4.78, 5) is 2.79. The zero-order valence-corrected chi connectivity index (χ0v) is 31.9. The van der Waals surface area contributed by atoms with E-state index in [0.717, 1.165) is 0 Å². The van der Waals surface area contributed by atoms with E-state index in [2.05, 4.69) is 205 Å². The fourth-order valence-electron chi connectivity index (χ4n) is 4.62. The first-order valence-electron chi connectivity index (χ1n) is 14.4. The number of hydrogen-bond acceptors (Lipinski definition) is 2. The summed E-state index contributed by atoms with van der Waals surface area (Å²) in [5.74, 6) is 0. The van der Waals surface area contributed by atoms with Gasteiger partial charge in [0.05, 0.1) is 0 Å². The van der Waals surface area contributed by atoms with E-state index in [1.54, 1.807) is 8.92 Å². The Balaban J connectivity index is 1.55. The molecule has 0 saturated heterocycles. The van der Waals surface area contributed by atoms with Crippen molar-refractivity contribution >= 4 is 90.9 Å². The topological polar surface area (TPSA) is 0 Å². The predicted octanol–water partition coefficient (Wildman–Crippen LogP) is 9.14. The zero-order valence-electron chi connectivity index (χ0n) is 24.0. The first kappa shape index (κ1) is 32.3. The van der Waals surface area contributed by atoms with Gasteiger partial charge in [0.15, 0.2) is 0 Å². The zero-order chi connectivity index (χ0) is 29.8. The minimum atomic E-state index is -1.08. The molecule has 7 heteroatoms. The Kier molecular flexibility index (Phi) is 12.7. The fraction of sp³-hybridized carbons (Fsp3) is 0.0270. The summed E-state index contributed by atoms with van der Waals surface area (Å²) in [6, 6.07) is 68.2. The average molecular weight is 793 g/mol. The Morgan fingerprint density at radius 3 is 1.09 bits per heavy atom. The molecular formula is C37H33P3S2Se2+2. The molecule has 0 nitrogen and oxygen atoms in total. The van der Waals surface area contributed by atoms with Crippen LogP contribution in [0.3, 0.4) is 0 Å². The van der Waals surface area contributed by atoms with E-state index in [1.807, 2.05) is 0 Å². The molecule has 1 unspecified atom stereocenters. The van der Waals surface area contributed by atoms with Crippen LogP contribution < -0.4 is 19.5 Å². The Morgan fingerprint density at radius 1 is 0.409 bits per heavy atom. The second-order valence-corrected chi connectivity index (χ2v) is 36.4. The third kappa shape index (κ3) is 9.21. The molecule has 0 aliphatic heterocycles. The molecular weight excluding hydrogens is 759 g/mol. The van der Waals surface area contributed by atoms with Crippen molar-refractivity contribution in [2.45, 2.75) is 14.9 Å². The van der Waals surface area contributed by atoms with Crippen LogP contribution in [0.25, 0.3) is 0 Å². The van der Waals surface area contributed by atoms with Crippen molar-refractivity contribution in [1.82, 2.24) is 0 Å². The quantitative estimate of drug-likeness (QED) is 0.0846. The molecule has 6 aromatic carbocycles. The second-order valence-electron chi connectivity index (χ2n) is 9.74. The molecule has 6 aromatic rings. The molecule has 0 aliphatic carbocycles. The minimum absolute atomic E-state index is 0.418. The fourth-order valence-corrected chi connectivity index (χ4v) is 56.8. The molecule has 0 spiro atoms. The van der Waals surface area contributed by atoms with Crippen LogP contribution in [-0.2, 0) is 0 Å². The van der Waals surface area contributed by atoms with Gasteiger partial charge in [-0.15, -0.1) is 0 Å². The van der Waals surface area contributed by atoms with Crippen molar-refractivity contribution in [3.8, 4) is 0 Å². The molecule has 0 heterocycles. The first-order valence-corrected chi connectivity index (χ1v) is 28.7. The summed E-state index contributed by atoms with van der Waals surface area (Å²) in [5, 5.41) is 2.79. The molecule has 44 heavy (non-hydrogen) atoms. The Labute approximate surface area is 285 Å². The van der Waals surface area contributed by atoms with E-state index in [9.17, 15) is 0 Å². The molecule has 0 aliphatic rings. The molecule has 0 fully saturated rings. The van der Waals surface area contributed by atoms with E-state index in [-0.39, 0.29) is 0 Å². The average Bonchev–Trinajstić information content (AvgIpc) is 3.09. The van der Waals surface area contributed by atoms with Crippen LogP contribution in [0, 0.1) is 0 Å². The van der Waals surface area contributed by atoms with Gasteiger partial charge in [0.2, 0.25) is 0 Å². The van der Waals surface area contributed by atoms with Crippen molar-refractivity contribution in [1.29, 1.82) is 0 Å². The van der Waals surface area contributed by atoms with E-state index >= 15 is 0 Å². The van der Waals surface area contributed by atoms with Gasteiger partial charge in [0.25, 0.3) is 0 Å². The van der Waals surface area contributed by atoms with Gasteiger partial charge in [-0.2, -0.15) is 0 Å². The third-order valence-corrected chi connectivity index (χ3v) is 44.9. The Hall–Kier alpha value is -1.65. The van der Waals surface area contributed by atoms with Crippen molar-refractivity contribution in [3.05, 3.63) is 182 Å². The summed E-state index contributed by atoms with van der Waals surface area (Å²) in [6.45, 7) is 0. The monoisotopic (exact) mass is 794 g/mol. The van der Waals surface area contributed by atoms with Gasteiger partial charge >= 0.3 is 288 Å². The maximum atomic E-state index is 2.41. The van der Waals surface area contributed by atoms with Crippen LogP contribution >= 0.6 is 42.3 Å². The number of rotatable bonds is 13. The van der Waals surface area contributed by atoms with Gasteiger partial charge in [-0.25, -0.2) is 0 Å². The maximum absolute atomic E-state index is 2.41. The van der Waals surface area contributed by atoms with Crippen LogP contribution in [0.15, 0.2) is 192 Å². The van der Waals surface area contributed by atoms with Crippen molar-refractivity contribution in [2.24, 2.45) is 0 Å². The van der Waals surface area contributed by atoms with E-state index < -0.39 is 19.5 Å². The van der Waals surface area contributed by atoms with Crippen molar-refractivity contribution in [2.75, 3.05) is 0 Å². The standard InChI is InChI=1S/C37H31P3S2Se2/c1-7-19-31(20-8-1)38(32-21-9-2-10-22-32)37(39(41-33-23-11-3-12-24-33)42-34-25-13-4-14-26-34)40(43-35-27-15-5-16-28-35)44-36-29-17-6-18-30-36/h1-30,37H/p+2. The molecule has 6 rings (SSSR count). The van der Waals surface area contributed by atoms with Gasteiger partial charge in [-0.05, 0) is 0 Å². The second kappa shape index (κ2) is 17.3. The van der Waals surface area contributed by atoms with Crippen LogP contribution in [0.1, 0.15) is 0 Å². The van der Waals surface area contributed by atoms with E-state index in [1.165, 1.54) is 20.4 Å². The van der Waals surface area contributed by atoms with E-state index in [4.69, 9.17) is 0 Å². The van der Waals surface area contributed by atoms with Crippen LogP contribution in [0.4, 0.5) is 0 Å². The van der Waals surface area contributed by atoms with E-state index in [0.29, 0.717) is 34.2 Å². The Morgan fingerprint density at radius 2 is 0.727 bits per heavy atom. The summed E-state index contributed by atoms with van der Waals surface area (Å²) < 4.78 is 3.09. The molecule has 218 valence electrons. The molecule has 0 amide bonds. The van der Waals surface area contributed by atoms with Gasteiger partial charge in [0, 0.05) is 0 Å². The Bertz CT molecular complexity index is 1460. The molecule has 0 N–H and O–H groups in total. The summed E-state index contributed by atoms with van der Waals surface area (Å²) in [7, 11) is -0.598. The van der Waals surface area contributed by atoms with Crippen LogP contribution in [-0.4, -0.2) is 34.2 Å². The predicted molar refractivity (Wildman–Crippen MR) is 208 cm³/mol. The van der Waals surface area contributed by atoms with Gasteiger partial charge in [-0.3, -0.25) is 0 Å². The van der Waals surface area contributed by atoms with Crippen molar-refractivity contribution < 1.29 is 0 Å². The molecule has 1 atom stereocenters. The number of hydrogen-bond donors (Lipinski definition) is 0. The SMILES string of the molecule is c1ccc(S[PH+](Sc2ccccc2)C(P(c2ccccc2)c2ccccc2)[PH+]([Se]c2ccccc2)[Se]c2ccccc2)cc1.